The molecule has 1 aromatic rings. The van der Waals surface area contributed by atoms with Gasteiger partial charge in [0.1, 0.15) is 6.54 Å². The third-order valence-corrected chi connectivity index (χ3v) is 2.86. The standard InChI is InChI=1S/C11H11ClN4O3/c12-7-2-1-6(3-8(7)13)15-9(17)5-16-10(18)4-14-11(16)19/h1-3H,4-5,13H2,(H,14,19)(H,15,17). The van der Waals surface area contributed by atoms with Gasteiger partial charge in [-0.1, -0.05) is 11.6 Å². The van der Waals surface area contributed by atoms with Crippen LogP contribution in [0.3, 0.4) is 0 Å². The Hall–Kier alpha value is -2.28. The van der Waals surface area contributed by atoms with Crippen LogP contribution in [0.1, 0.15) is 0 Å². The van der Waals surface area contributed by atoms with Gasteiger partial charge in [0, 0.05) is 5.69 Å². The molecule has 1 aliphatic rings. The van der Waals surface area contributed by atoms with E-state index in [1.165, 1.54) is 6.07 Å². The minimum atomic E-state index is -0.573. The van der Waals surface area contributed by atoms with Crippen LogP contribution in [0.25, 0.3) is 0 Å². The monoisotopic (exact) mass is 282 g/mol. The Labute approximate surface area is 113 Å². The van der Waals surface area contributed by atoms with Crippen molar-refractivity contribution in [2.75, 3.05) is 24.1 Å². The fourth-order valence-electron chi connectivity index (χ4n) is 1.58. The maximum Gasteiger partial charge on any atom is 0.325 e. The second-order valence-electron chi connectivity index (χ2n) is 3.92. The van der Waals surface area contributed by atoms with Crippen LogP contribution >= 0.6 is 11.6 Å². The van der Waals surface area contributed by atoms with Crippen molar-refractivity contribution in [2.45, 2.75) is 0 Å². The van der Waals surface area contributed by atoms with E-state index in [2.05, 4.69) is 10.6 Å². The molecule has 100 valence electrons. The molecule has 19 heavy (non-hydrogen) atoms. The summed E-state index contributed by atoms with van der Waals surface area (Å²) in [6.07, 6.45) is 0. The first kappa shape index (κ1) is 13.2. The van der Waals surface area contributed by atoms with E-state index in [9.17, 15) is 14.4 Å². The van der Waals surface area contributed by atoms with Crippen molar-refractivity contribution < 1.29 is 14.4 Å². The molecular formula is C11H11ClN4O3. The van der Waals surface area contributed by atoms with E-state index in [0.29, 0.717) is 16.4 Å². The van der Waals surface area contributed by atoms with Gasteiger partial charge in [-0.25, -0.2) is 4.79 Å². The Balaban J connectivity index is 1.99. The molecule has 0 aliphatic carbocycles. The number of amides is 4. The summed E-state index contributed by atoms with van der Waals surface area (Å²) in [5.41, 5.74) is 6.36. The van der Waals surface area contributed by atoms with Gasteiger partial charge in [0.05, 0.1) is 17.3 Å². The van der Waals surface area contributed by atoms with Crippen molar-refractivity contribution in [3.63, 3.8) is 0 Å². The van der Waals surface area contributed by atoms with Crippen molar-refractivity contribution in [1.82, 2.24) is 10.2 Å². The van der Waals surface area contributed by atoms with Crippen LogP contribution in [0.5, 0.6) is 0 Å². The molecule has 7 nitrogen and oxygen atoms in total. The number of nitrogen functional groups attached to an aromatic ring is 1. The Morgan fingerprint density at radius 2 is 2.21 bits per heavy atom. The molecule has 0 atom stereocenters. The summed E-state index contributed by atoms with van der Waals surface area (Å²) in [6, 6.07) is 4.03. The number of hydrogen-bond acceptors (Lipinski definition) is 4. The molecule has 0 saturated carbocycles. The molecule has 4 amide bonds. The van der Waals surface area contributed by atoms with E-state index in [4.69, 9.17) is 17.3 Å². The maximum absolute atomic E-state index is 11.7. The molecule has 4 N–H and O–H groups in total. The average molecular weight is 283 g/mol. The number of nitrogens with one attached hydrogen (secondary N) is 2. The number of rotatable bonds is 3. The highest BCUT2D eigenvalue weighted by Gasteiger charge is 2.30. The predicted octanol–water partition coefficient (Wildman–Crippen LogP) is 0.413. The van der Waals surface area contributed by atoms with Crippen LogP contribution in [0, 0.1) is 0 Å². The average Bonchev–Trinajstić information content (AvgIpc) is 2.66. The van der Waals surface area contributed by atoms with Gasteiger partial charge >= 0.3 is 6.03 Å². The molecule has 1 aromatic carbocycles. The molecule has 0 radical (unpaired) electrons. The predicted molar refractivity (Wildman–Crippen MR) is 69.6 cm³/mol. The number of anilines is 2. The minimum Gasteiger partial charge on any atom is -0.397 e. The van der Waals surface area contributed by atoms with Gasteiger partial charge in [-0.15, -0.1) is 0 Å². The topological polar surface area (TPSA) is 105 Å². The third kappa shape index (κ3) is 2.94. The Morgan fingerprint density at radius 1 is 1.47 bits per heavy atom. The van der Waals surface area contributed by atoms with Crippen LogP contribution in [0.2, 0.25) is 5.02 Å². The number of halogens is 1. The van der Waals surface area contributed by atoms with Crippen LogP contribution in [-0.4, -0.2) is 35.8 Å². The van der Waals surface area contributed by atoms with Crippen molar-refractivity contribution in [2.24, 2.45) is 0 Å². The number of nitrogens with two attached hydrogens (primary N) is 1. The lowest BCUT2D eigenvalue weighted by Gasteiger charge is -2.12. The molecule has 1 fully saturated rings. The molecule has 0 aromatic heterocycles. The lowest BCUT2D eigenvalue weighted by molar-refractivity contribution is -0.128. The zero-order chi connectivity index (χ0) is 14.0. The molecule has 0 bridgehead atoms. The molecule has 8 heteroatoms. The normalized spacial score (nSPS) is 14.5. The highest BCUT2D eigenvalue weighted by molar-refractivity contribution is 6.33. The SMILES string of the molecule is Nc1cc(NC(=O)CN2C(=O)CNC2=O)ccc1Cl. The van der Waals surface area contributed by atoms with Gasteiger partial charge in [-0.2, -0.15) is 0 Å². The summed E-state index contributed by atoms with van der Waals surface area (Å²) in [4.78, 5) is 35.1. The maximum atomic E-state index is 11.7. The summed E-state index contributed by atoms with van der Waals surface area (Å²) in [5.74, 6) is -0.928. The minimum absolute atomic E-state index is 0.0833. The first-order valence-corrected chi connectivity index (χ1v) is 5.78. The quantitative estimate of drug-likeness (QED) is 0.552. The van der Waals surface area contributed by atoms with Crippen LogP contribution in [-0.2, 0) is 9.59 Å². The van der Waals surface area contributed by atoms with Crippen LogP contribution in [0.15, 0.2) is 18.2 Å². The number of urea groups is 1. The summed E-state index contributed by atoms with van der Waals surface area (Å²) < 4.78 is 0. The Bertz CT molecular complexity index is 545. The van der Waals surface area contributed by atoms with E-state index < -0.39 is 17.8 Å². The Kier molecular flexibility index (Phi) is 3.57. The van der Waals surface area contributed by atoms with Gasteiger partial charge in [-0.3, -0.25) is 14.5 Å². The fraction of sp³-hybridized carbons (Fsp3) is 0.182. The molecular weight excluding hydrogens is 272 g/mol. The van der Waals surface area contributed by atoms with Crippen LogP contribution in [0.4, 0.5) is 16.2 Å². The molecule has 1 heterocycles. The second-order valence-corrected chi connectivity index (χ2v) is 4.33. The first-order chi connectivity index (χ1) is 8.97. The number of hydrogen-bond donors (Lipinski definition) is 3. The number of carbonyl (C=O) groups is 3. The number of carbonyl (C=O) groups excluding carboxylic acids is 3. The van der Waals surface area contributed by atoms with Crippen LogP contribution < -0.4 is 16.4 Å². The van der Waals surface area contributed by atoms with Crippen molar-refractivity contribution in [1.29, 1.82) is 0 Å². The number of benzene rings is 1. The summed E-state index contributed by atoms with van der Waals surface area (Å²) in [5, 5.41) is 5.23. The largest absolute Gasteiger partial charge is 0.397 e. The van der Waals surface area contributed by atoms with Gasteiger partial charge in [0.25, 0.3) is 5.91 Å². The summed E-state index contributed by atoms with van der Waals surface area (Å²) in [6.45, 7) is -0.423. The van der Waals surface area contributed by atoms with Gasteiger partial charge in [0.2, 0.25) is 5.91 Å². The highest BCUT2D eigenvalue weighted by Crippen LogP contribution is 2.22. The second kappa shape index (κ2) is 5.15. The molecule has 0 spiro atoms. The smallest absolute Gasteiger partial charge is 0.325 e. The molecule has 1 aliphatic heterocycles. The third-order valence-electron chi connectivity index (χ3n) is 2.52. The van der Waals surface area contributed by atoms with E-state index in [0.717, 1.165) is 4.90 Å². The zero-order valence-corrected chi connectivity index (χ0v) is 10.5. The lowest BCUT2D eigenvalue weighted by Crippen LogP contribution is -2.38. The number of imide groups is 1. The summed E-state index contributed by atoms with van der Waals surface area (Å²) >= 11 is 5.75. The van der Waals surface area contributed by atoms with Crippen molar-refractivity contribution in [3.05, 3.63) is 23.2 Å². The van der Waals surface area contributed by atoms with Crippen molar-refractivity contribution >= 4 is 40.8 Å². The van der Waals surface area contributed by atoms with Gasteiger partial charge in [-0.05, 0) is 18.2 Å². The van der Waals surface area contributed by atoms with E-state index in [1.54, 1.807) is 12.1 Å². The lowest BCUT2D eigenvalue weighted by atomic mass is 10.3. The Morgan fingerprint density at radius 3 is 2.79 bits per heavy atom. The zero-order valence-electron chi connectivity index (χ0n) is 9.77. The van der Waals surface area contributed by atoms with Gasteiger partial charge in [0.15, 0.2) is 0 Å². The molecule has 0 unspecified atom stereocenters. The van der Waals surface area contributed by atoms with E-state index in [-0.39, 0.29) is 13.1 Å². The fourth-order valence-corrected chi connectivity index (χ4v) is 1.70. The molecule has 2 rings (SSSR count). The van der Waals surface area contributed by atoms with E-state index in [1.807, 2.05) is 0 Å². The molecule has 1 saturated heterocycles. The van der Waals surface area contributed by atoms with Gasteiger partial charge < -0.3 is 16.4 Å². The highest BCUT2D eigenvalue weighted by atomic mass is 35.5. The summed E-state index contributed by atoms with van der Waals surface area (Å²) in [7, 11) is 0. The first-order valence-electron chi connectivity index (χ1n) is 5.40. The van der Waals surface area contributed by atoms with Crippen molar-refractivity contribution in [3.8, 4) is 0 Å². The van der Waals surface area contributed by atoms with E-state index >= 15 is 0 Å². The number of nitrogens with zero attached hydrogens (tertiary/aromatic N) is 1.